The van der Waals surface area contributed by atoms with E-state index in [0.717, 1.165) is 25.9 Å². The summed E-state index contributed by atoms with van der Waals surface area (Å²) in [5.74, 6) is 0.283. The summed E-state index contributed by atoms with van der Waals surface area (Å²) in [7, 11) is -2.98. The van der Waals surface area contributed by atoms with Crippen LogP contribution in [-0.4, -0.2) is 56.4 Å². The van der Waals surface area contributed by atoms with Crippen LogP contribution in [0.15, 0.2) is 0 Å². The van der Waals surface area contributed by atoms with Crippen LogP contribution in [-0.2, 0) is 14.6 Å². The maximum absolute atomic E-state index is 11.6. The summed E-state index contributed by atoms with van der Waals surface area (Å²) in [5.41, 5.74) is 0. The molecule has 2 aliphatic heterocycles. The monoisotopic (exact) mass is 246 g/mol. The lowest BCUT2D eigenvalue weighted by molar-refractivity contribution is -0.110. The van der Waals surface area contributed by atoms with Crippen LogP contribution in [0.1, 0.15) is 19.3 Å². The third-order valence-electron chi connectivity index (χ3n) is 3.46. The normalized spacial score (nSPS) is 34.8. The quantitative estimate of drug-likeness (QED) is 0.674. The van der Waals surface area contributed by atoms with E-state index in [1.165, 1.54) is 6.42 Å². The van der Waals surface area contributed by atoms with Gasteiger partial charge < -0.3 is 5.32 Å². The summed E-state index contributed by atoms with van der Waals surface area (Å²) in [6.07, 6.45) is 4.10. The lowest BCUT2D eigenvalue weighted by atomic mass is 10.1. The first kappa shape index (κ1) is 11.9. The Labute approximate surface area is 96.1 Å². The molecule has 16 heavy (non-hydrogen) atoms. The van der Waals surface area contributed by atoms with Crippen molar-refractivity contribution in [1.82, 2.24) is 10.2 Å². The number of hydrogen-bond donors (Lipinski definition) is 1. The summed E-state index contributed by atoms with van der Waals surface area (Å²) < 4.78 is 23.2. The number of hydrogen-bond acceptors (Lipinski definition) is 4. The Morgan fingerprint density at radius 3 is 2.44 bits per heavy atom. The number of rotatable bonds is 3. The topological polar surface area (TPSA) is 66.5 Å². The highest BCUT2D eigenvalue weighted by atomic mass is 32.2. The number of likely N-dealkylation sites (tertiary alicyclic amines) is 1. The predicted octanol–water partition coefficient (Wildman–Crippen LogP) is -0.616. The van der Waals surface area contributed by atoms with Gasteiger partial charge in [0.1, 0.15) is 0 Å². The van der Waals surface area contributed by atoms with Gasteiger partial charge in [-0.25, -0.2) is 8.42 Å². The van der Waals surface area contributed by atoms with Crippen LogP contribution in [0.5, 0.6) is 0 Å². The number of nitrogens with one attached hydrogen (secondary N) is 1. The van der Waals surface area contributed by atoms with Crippen molar-refractivity contribution in [3.05, 3.63) is 0 Å². The molecule has 0 radical (unpaired) electrons. The average Bonchev–Trinajstić information content (AvgIpc) is 2.56. The molecule has 0 spiro atoms. The SMILES string of the molecule is O=CN[C@H]1CS(=O)(=O)C[C@@H]1N1CCCCC1. The van der Waals surface area contributed by atoms with E-state index in [0.29, 0.717) is 6.41 Å². The van der Waals surface area contributed by atoms with Crippen molar-refractivity contribution in [2.24, 2.45) is 0 Å². The van der Waals surface area contributed by atoms with Crippen molar-refractivity contribution in [1.29, 1.82) is 0 Å². The van der Waals surface area contributed by atoms with Gasteiger partial charge in [0, 0.05) is 6.04 Å². The standard InChI is InChI=1S/C10H18N2O3S/c13-8-11-9-6-16(14,15)7-10(9)12-4-2-1-3-5-12/h8-10H,1-7H2,(H,11,13)/t9-,10-/m0/s1. The van der Waals surface area contributed by atoms with Crippen LogP contribution in [0.2, 0.25) is 0 Å². The second-order valence-electron chi connectivity index (χ2n) is 4.63. The first-order valence-corrected chi connectivity index (χ1v) is 7.59. The molecule has 1 amide bonds. The van der Waals surface area contributed by atoms with Crippen LogP contribution in [0.4, 0.5) is 0 Å². The van der Waals surface area contributed by atoms with Gasteiger partial charge in [-0.1, -0.05) is 6.42 Å². The molecule has 2 atom stereocenters. The molecule has 92 valence electrons. The first-order valence-electron chi connectivity index (χ1n) is 5.76. The van der Waals surface area contributed by atoms with E-state index in [1.807, 2.05) is 0 Å². The fraction of sp³-hybridized carbons (Fsp3) is 0.900. The summed E-state index contributed by atoms with van der Waals surface area (Å²) in [6, 6.07) is -0.240. The van der Waals surface area contributed by atoms with Gasteiger partial charge in [-0.15, -0.1) is 0 Å². The zero-order chi connectivity index (χ0) is 11.6. The molecule has 5 nitrogen and oxygen atoms in total. The molecule has 2 saturated heterocycles. The smallest absolute Gasteiger partial charge is 0.207 e. The summed E-state index contributed by atoms with van der Waals surface area (Å²) in [6.45, 7) is 1.91. The average molecular weight is 246 g/mol. The highest BCUT2D eigenvalue weighted by molar-refractivity contribution is 7.91. The lowest BCUT2D eigenvalue weighted by Crippen LogP contribution is -2.50. The number of carbonyl (C=O) groups is 1. The Hall–Kier alpha value is -0.620. The molecular formula is C10H18N2O3S. The van der Waals surface area contributed by atoms with Gasteiger partial charge in [0.2, 0.25) is 6.41 Å². The molecule has 2 heterocycles. The predicted molar refractivity (Wildman–Crippen MR) is 60.9 cm³/mol. The molecule has 1 N–H and O–H groups in total. The molecule has 0 aromatic heterocycles. The van der Waals surface area contributed by atoms with Crippen molar-refractivity contribution in [3.63, 3.8) is 0 Å². The number of sulfone groups is 1. The molecule has 0 aromatic rings. The van der Waals surface area contributed by atoms with Crippen LogP contribution in [0, 0.1) is 0 Å². The molecule has 0 bridgehead atoms. The van der Waals surface area contributed by atoms with Crippen molar-refractivity contribution in [2.75, 3.05) is 24.6 Å². The Kier molecular flexibility index (Phi) is 3.49. The molecule has 6 heteroatoms. The lowest BCUT2D eigenvalue weighted by Gasteiger charge is -2.34. The van der Waals surface area contributed by atoms with Crippen LogP contribution in [0.25, 0.3) is 0 Å². The van der Waals surface area contributed by atoms with Crippen LogP contribution >= 0.6 is 0 Å². The number of nitrogens with zero attached hydrogens (tertiary/aromatic N) is 1. The van der Waals surface area contributed by atoms with Crippen LogP contribution in [0.3, 0.4) is 0 Å². The third-order valence-corrected chi connectivity index (χ3v) is 5.18. The minimum atomic E-state index is -2.98. The first-order chi connectivity index (χ1) is 7.62. The van der Waals surface area contributed by atoms with E-state index in [9.17, 15) is 13.2 Å². The highest BCUT2D eigenvalue weighted by Crippen LogP contribution is 2.21. The zero-order valence-electron chi connectivity index (χ0n) is 9.26. The maximum Gasteiger partial charge on any atom is 0.207 e. The van der Waals surface area contributed by atoms with E-state index in [4.69, 9.17) is 0 Å². The molecule has 0 unspecified atom stereocenters. The van der Waals surface area contributed by atoms with Crippen molar-refractivity contribution in [3.8, 4) is 0 Å². The molecule has 2 rings (SSSR count). The largest absolute Gasteiger partial charge is 0.353 e. The van der Waals surface area contributed by atoms with Gasteiger partial charge in [-0.3, -0.25) is 9.69 Å². The van der Waals surface area contributed by atoms with Crippen molar-refractivity contribution >= 4 is 16.2 Å². The van der Waals surface area contributed by atoms with Gasteiger partial charge in [-0.05, 0) is 25.9 Å². The minimum absolute atomic E-state index is 0.0181. The Bertz CT molecular complexity index is 349. The van der Waals surface area contributed by atoms with Gasteiger partial charge in [0.25, 0.3) is 0 Å². The fourth-order valence-electron chi connectivity index (χ4n) is 2.69. The molecule has 0 aromatic carbocycles. The Balaban J connectivity index is 2.07. The van der Waals surface area contributed by atoms with Gasteiger partial charge in [-0.2, -0.15) is 0 Å². The summed E-state index contributed by atoms with van der Waals surface area (Å²) in [5, 5.41) is 2.65. The van der Waals surface area contributed by atoms with E-state index in [2.05, 4.69) is 10.2 Å². The third kappa shape index (κ3) is 2.55. The molecular weight excluding hydrogens is 228 g/mol. The fourth-order valence-corrected chi connectivity index (χ4v) is 4.65. The van der Waals surface area contributed by atoms with E-state index in [-0.39, 0.29) is 23.6 Å². The minimum Gasteiger partial charge on any atom is -0.353 e. The molecule has 0 saturated carbocycles. The van der Waals surface area contributed by atoms with Crippen molar-refractivity contribution < 1.29 is 13.2 Å². The molecule has 0 aliphatic carbocycles. The van der Waals surface area contributed by atoms with E-state index in [1.54, 1.807) is 0 Å². The highest BCUT2D eigenvalue weighted by Gasteiger charge is 2.40. The second-order valence-corrected chi connectivity index (χ2v) is 6.79. The Morgan fingerprint density at radius 2 is 1.81 bits per heavy atom. The van der Waals surface area contributed by atoms with Gasteiger partial charge in [0.05, 0.1) is 17.5 Å². The van der Waals surface area contributed by atoms with Crippen LogP contribution < -0.4 is 5.32 Å². The van der Waals surface area contributed by atoms with Crippen molar-refractivity contribution in [2.45, 2.75) is 31.3 Å². The number of carbonyl (C=O) groups excluding carboxylic acids is 1. The number of amides is 1. The zero-order valence-corrected chi connectivity index (χ0v) is 10.1. The Morgan fingerprint density at radius 1 is 1.12 bits per heavy atom. The van der Waals surface area contributed by atoms with E-state index < -0.39 is 9.84 Å². The van der Waals surface area contributed by atoms with E-state index >= 15 is 0 Å². The summed E-state index contributed by atoms with van der Waals surface area (Å²) in [4.78, 5) is 12.7. The van der Waals surface area contributed by atoms with Gasteiger partial charge >= 0.3 is 0 Å². The van der Waals surface area contributed by atoms with Gasteiger partial charge in [0.15, 0.2) is 9.84 Å². The summed E-state index contributed by atoms with van der Waals surface area (Å²) >= 11 is 0. The second kappa shape index (κ2) is 4.71. The maximum atomic E-state index is 11.6. The molecule has 2 fully saturated rings. The number of piperidine rings is 1. The molecule has 2 aliphatic rings.